The molecule has 5 heteroatoms. The fourth-order valence-corrected chi connectivity index (χ4v) is 1.70. The second-order valence-corrected chi connectivity index (χ2v) is 4.03. The second-order valence-electron chi connectivity index (χ2n) is 4.03. The lowest BCUT2D eigenvalue weighted by molar-refractivity contribution is -0.143. The summed E-state index contributed by atoms with van der Waals surface area (Å²) < 4.78 is 23.7. The van der Waals surface area contributed by atoms with Crippen molar-refractivity contribution in [1.29, 1.82) is 0 Å². The van der Waals surface area contributed by atoms with Crippen molar-refractivity contribution in [2.75, 3.05) is 6.61 Å². The quantitative estimate of drug-likeness (QED) is 0.813. The van der Waals surface area contributed by atoms with Gasteiger partial charge >= 0.3 is 5.97 Å². The number of carbonyl (C=O) groups excluding carboxylic acids is 1. The van der Waals surface area contributed by atoms with E-state index < -0.39 is 17.9 Å². The van der Waals surface area contributed by atoms with Crippen molar-refractivity contribution in [2.45, 2.75) is 25.5 Å². The topological polar surface area (TPSA) is 61.6 Å². The number of ether oxygens (including phenoxy) is 2. The molecule has 0 aliphatic carbocycles. The Kier molecular flexibility index (Phi) is 3.28. The van der Waals surface area contributed by atoms with E-state index in [2.05, 4.69) is 0 Å². The first-order chi connectivity index (χ1) is 8.08. The third-order valence-corrected chi connectivity index (χ3v) is 2.63. The molecule has 1 aromatic carbocycles. The highest BCUT2D eigenvalue weighted by Crippen LogP contribution is 2.23. The van der Waals surface area contributed by atoms with Crippen molar-refractivity contribution in [3.63, 3.8) is 0 Å². The van der Waals surface area contributed by atoms with Crippen LogP contribution >= 0.6 is 0 Å². The van der Waals surface area contributed by atoms with E-state index in [1.807, 2.05) is 0 Å². The van der Waals surface area contributed by atoms with Crippen molar-refractivity contribution < 1.29 is 18.7 Å². The minimum atomic E-state index is -0.629. The van der Waals surface area contributed by atoms with E-state index in [0.717, 1.165) is 0 Å². The van der Waals surface area contributed by atoms with E-state index in [4.69, 9.17) is 15.2 Å². The maximum Gasteiger partial charge on any atom is 0.347 e. The summed E-state index contributed by atoms with van der Waals surface area (Å²) in [6, 6.07) is 4.04. The number of cyclic esters (lactones) is 1. The smallest absolute Gasteiger partial charge is 0.347 e. The van der Waals surface area contributed by atoms with Crippen LogP contribution in [0.4, 0.5) is 4.39 Å². The van der Waals surface area contributed by atoms with Crippen molar-refractivity contribution in [3.8, 4) is 5.75 Å². The average molecular weight is 239 g/mol. The highest BCUT2D eigenvalue weighted by atomic mass is 19.1. The molecule has 0 bridgehead atoms. The number of benzene rings is 1. The SMILES string of the molecule is CC(N)c1ccc(OC2CCOC2=O)cc1F. The highest BCUT2D eigenvalue weighted by molar-refractivity contribution is 5.76. The number of esters is 1. The molecule has 0 spiro atoms. The summed E-state index contributed by atoms with van der Waals surface area (Å²) in [6.45, 7) is 2.05. The van der Waals surface area contributed by atoms with E-state index in [-0.39, 0.29) is 6.04 Å². The van der Waals surface area contributed by atoms with Crippen LogP contribution in [0.3, 0.4) is 0 Å². The molecule has 2 unspecified atom stereocenters. The van der Waals surface area contributed by atoms with Crippen LogP contribution in [0, 0.1) is 5.82 Å². The van der Waals surface area contributed by atoms with Gasteiger partial charge in [-0.15, -0.1) is 0 Å². The first kappa shape index (κ1) is 11.9. The maximum absolute atomic E-state index is 13.6. The third kappa shape index (κ3) is 2.55. The van der Waals surface area contributed by atoms with Gasteiger partial charge in [0, 0.05) is 24.1 Å². The third-order valence-electron chi connectivity index (χ3n) is 2.63. The van der Waals surface area contributed by atoms with Gasteiger partial charge in [0.05, 0.1) is 6.61 Å². The number of carbonyl (C=O) groups is 1. The lowest BCUT2D eigenvalue weighted by Gasteiger charge is -2.12. The molecule has 4 nitrogen and oxygen atoms in total. The van der Waals surface area contributed by atoms with Crippen LogP contribution in [0.2, 0.25) is 0 Å². The minimum Gasteiger partial charge on any atom is -0.478 e. The first-order valence-corrected chi connectivity index (χ1v) is 5.46. The van der Waals surface area contributed by atoms with Gasteiger partial charge in [0.15, 0.2) is 6.10 Å². The molecule has 1 heterocycles. The Balaban J connectivity index is 2.12. The van der Waals surface area contributed by atoms with Gasteiger partial charge in [0.25, 0.3) is 0 Å². The number of halogens is 1. The van der Waals surface area contributed by atoms with E-state index >= 15 is 0 Å². The summed E-state index contributed by atoms with van der Waals surface area (Å²) in [5, 5.41) is 0. The van der Waals surface area contributed by atoms with Crippen molar-refractivity contribution in [3.05, 3.63) is 29.6 Å². The lowest BCUT2D eigenvalue weighted by atomic mass is 10.1. The summed E-state index contributed by atoms with van der Waals surface area (Å²) in [6.07, 6.45) is -0.134. The number of nitrogens with two attached hydrogens (primary N) is 1. The Morgan fingerprint density at radius 2 is 2.35 bits per heavy atom. The molecule has 2 N–H and O–H groups in total. The predicted molar refractivity (Wildman–Crippen MR) is 59.0 cm³/mol. The molecule has 1 saturated heterocycles. The Bertz CT molecular complexity index is 434. The van der Waals surface area contributed by atoms with Crippen LogP contribution in [-0.2, 0) is 9.53 Å². The maximum atomic E-state index is 13.6. The predicted octanol–water partition coefficient (Wildman–Crippen LogP) is 1.54. The van der Waals surface area contributed by atoms with E-state index in [1.54, 1.807) is 19.1 Å². The minimum absolute atomic E-state index is 0.316. The Morgan fingerprint density at radius 3 is 2.88 bits per heavy atom. The molecule has 1 aromatic rings. The summed E-state index contributed by atoms with van der Waals surface area (Å²) in [5.74, 6) is -0.513. The van der Waals surface area contributed by atoms with E-state index in [0.29, 0.717) is 24.3 Å². The van der Waals surface area contributed by atoms with Gasteiger partial charge in [-0.2, -0.15) is 0 Å². The molecule has 1 aliphatic heterocycles. The number of hydrogen-bond donors (Lipinski definition) is 1. The molecule has 0 aromatic heterocycles. The standard InChI is InChI=1S/C12H14FNO3/c1-7(14)9-3-2-8(6-10(9)13)17-11-4-5-16-12(11)15/h2-3,6-7,11H,4-5,14H2,1H3. The van der Waals surface area contributed by atoms with Gasteiger partial charge in [-0.05, 0) is 13.0 Å². The van der Waals surface area contributed by atoms with Gasteiger partial charge in [-0.25, -0.2) is 9.18 Å². The Labute approximate surface area is 98.5 Å². The van der Waals surface area contributed by atoms with Gasteiger partial charge in [0.1, 0.15) is 11.6 Å². The molecule has 92 valence electrons. The molecule has 2 rings (SSSR count). The summed E-state index contributed by atoms with van der Waals surface area (Å²) in [5.41, 5.74) is 6.02. The molecule has 2 atom stereocenters. The van der Waals surface area contributed by atoms with E-state index in [1.165, 1.54) is 6.07 Å². The molecule has 0 amide bonds. The normalized spacial score (nSPS) is 21.1. The molecule has 1 fully saturated rings. The molecule has 17 heavy (non-hydrogen) atoms. The van der Waals surface area contributed by atoms with Gasteiger partial charge in [-0.3, -0.25) is 0 Å². The van der Waals surface area contributed by atoms with Crippen molar-refractivity contribution in [1.82, 2.24) is 0 Å². The average Bonchev–Trinajstić information content (AvgIpc) is 2.64. The van der Waals surface area contributed by atoms with Crippen LogP contribution in [0.15, 0.2) is 18.2 Å². The van der Waals surface area contributed by atoms with Crippen LogP contribution in [-0.4, -0.2) is 18.7 Å². The Hall–Kier alpha value is -1.62. The summed E-state index contributed by atoms with van der Waals surface area (Å²) >= 11 is 0. The fraction of sp³-hybridized carbons (Fsp3) is 0.417. The van der Waals surface area contributed by atoms with Crippen LogP contribution < -0.4 is 10.5 Å². The molecule has 0 radical (unpaired) electrons. The highest BCUT2D eigenvalue weighted by Gasteiger charge is 2.28. The van der Waals surface area contributed by atoms with Crippen LogP contribution in [0.5, 0.6) is 5.75 Å². The van der Waals surface area contributed by atoms with E-state index in [9.17, 15) is 9.18 Å². The van der Waals surface area contributed by atoms with Gasteiger partial charge in [0.2, 0.25) is 0 Å². The first-order valence-electron chi connectivity index (χ1n) is 5.46. The van der Waals surface area contributed by atoms with Crippen LogP contribution in [0.1, 0.15) is 24.9 Å². The van der Waals surface area contributed by atoms with Gasteiger partial charge < -0.3 is 15.2 Å². The van der Waals surface area contributed by atoms with Crippen LogP contribution in [0.25, 0.3) is 0 Å². The monoisotopic (exact) mass is 239 g/mol. The Morgan fingerprint density at radius 1 is 1.59 bits per heavy atom. The summed E-state index contributed by atoms with van der Waals surface area (Å²) in [7, 11) is 0. The summed E-state index contributed by atoms with van der Waals surface area (Å²) in [4.78, 5) is 11.2. The molecule has 0 saturated carbocycles. The molecular weight excluding hydrogens is 225 g/mol. The lowest BCUT2D eigenvalue weighted by Crippen LogP contribution is -2.21. The largest absolute Gasteiger partial charge is 0.478 e. The molecular formula is C12H14FNO3. The van der Waals surface area contributed by atoms with Crippen molar-refractivity contribution >= 4 is 5.97 Å². The van der Waals surface area contributed by atoms with Crippen molar-refractivity contribution in [2.24, 2.45) is 5.73 Å². The second kappa shape index (κ2) is 4.71. The number of hydrogen-bond acceptors (Lipinski definition) is 4. The zero-order valence-electron chi connectivity index (χ0n) is 9.48. The zero-order valence-corrected chi connectivity index (χ0v) is 9.48. The zero-order chi connectivity index (χ0) is 12.4. The number of rotatable bonds is 3. The van der Waals surface area contributed by atoms with Gasteiger partial charge in [-0.1, -0.05) is 6.07 Å². The molecule has 1 aliphatic rings. The fourth-order valence-electron chi connectivity index (χ4n) is 1.70.